The molecular weight excluding hydrogens is 377 g/mol. The van der Waals surface area contributed by atoms with Crippen molar-refractivity contribution >= 4 is 17.7 Å². The van der Waals surface area contributed by atoms with Gasteiger partial charge in [-0.1, -0.05) is 0 Å². The summed E-state index contributed by atoms with van der Waals surface area (Å²) in [4.78, 5) is 29.4. The molecule has 148 valence electrons. The van der Waals surface area contributed by atoms with Gasteiger partial charge in [0.15, 0.2) is 5.82 Å². The monoisotopic (exact) mass is 395 g/mol. The van der Waals surface area contributed by atoms with Crippen LogP contribution in [0.5, 0.6) is 5.88 Å². The maximum absolute atomic E-state index is 14.1. The second-order valence-corrected chi connectivity index (χ2v) is 6.60. The van der Waals surface area contributed by atoms with Crippen LogP contribution in [0.3, 0.4) is 0 Å². The van der Waals surface area contributed by atoms with Gasteiger partial charge in [-0.05, 0) is 30.7 Å². The third-order valence-corrected chi connectivity index (χ3v) is 4.74. The Bertz CT molecular complexity index is 1140. The average Bonchev–Trinajstić information content (AvgIpc) is 2.67. The van der Waals surface area contributed by atoms with Crippen LogP contribution < -0.4 is 21.5 Å². The van der Waals surface area contributed by atoms with Crippen molar-refractivity contribution in [1.29, 1.82) is 0 Å². The van der Waals surface area contributed by atoms with E-state index in [1.54, 1.807) is 13.0 Å². The summed E-state index contributed by atoms with van der Waals surface area (Å²) in [6.45, 7) is 1.70. The van der Waals surface area contributed by atoms with E-state index in [9.17, 15) is 9.18 Å². The van der Waals surface area contributed by atoms with Gasteiger partial charge in [0.25, 0.3) is 11.8 Å². The summed E-state index contributed by atoms with van der Waals surface area (Å²) in [5, 5.41) is 2.90. The molecule has 1 unspecified atom stereocenters. The van der Waals surface area contributed by atoms with Crippen molar-refractivity contribution in [1.82, 2.24) is 25.3 Å². The van der Waals surface area contributed by atoms with Crippen LogP contribution in [0.15, 0.2) is 24.4 Å². The van der Waals surface area contributed by atoms with Gasteiger partial charge in [0.05, 0.1) is 42.0 Å². The zero-order valence-electron chi connectivity index (χ0n) is 15.7. The lowest BCUT2D eigenvalue weighted by Gasteiger charge is -2.27. The largest absolute Gasteiger partial charge is 0.478 e. The van der Waals surface area contributed by atoms with E-state index in [0.717, 1.165) is 0 Å². The number of nitrogens with zero attached hydrogens (tertiary/aromatic N) is 4. The molecule has 4 rings (SSSR count). The molecule has 1 aliphatic rings. The number of nitrogens with one attached hydrogen (secondary N) is 1. The van der Waals surface area contributed by atoms with Gasteiger partial charge >= 0.3 is 0 Å². The van der Waals surface area contributed by atoms with Crippen molar-refractivity contribution in [3.05, 3.63) is 52.7 Å². The van der Waals surface area contributed by atoms with E-state index in [-0.39, 0.29) is 23.6 Å². The average molecular weight is 395 g/mol. The number of carbonyl (C=O) groups excluding carboxylic acids is 1. The molecule has 0 fully saturated rings. The van der Waals surface area contributed by atoms with Gasteiger partial charge in [-0.25, -0.2) is 24.3 Å². The molecule has 1 aliphatic heterocycles. The van der Waals surface area contributed by atoms with Gasteiger partial charge in [0.2, 0.25) is 5.95 Å². The minimum absolute atomic E-state index is 0.0864. The van der Waals surface area contributed by atoms with Crippen molar-refractivity contribution in [3.8, 4) is 17.1 Å². The molecule has 0 saturated carbocycles. The molecule has 5 N–H and O–H groups in total. The fourth-order valence-corrected chi connectivity index (χ4v) is 3.48. The molecule has 10 heteroatoms. The number of halogens is 1. The highest BCUT2D eigenvalue weighted by Crippen LogP contribution is 2.34. The first-order valence-electron chi connectivity index (χ1n) is 8.77. The summed E-state index contributed by atoms with van der Waals surface area (Å²) in [5.74, 6) is -0.403. The second-order valence-electron chi connectivity index (χ2n) is 6.60. The number of hydrogen-bond donors (Lipinski definition) is 3. The Morgan fingerprint density at radius 3 is 2.79 bits per heavy atom. The highest BCUT2D eigenvalue weighted by molar-refractivity contribution is 5.98. The number of aryl methyl sites for hydroxylation is 1. The third-order valence-electron chi connectivity index (χ3n) is 4.74. The van der Waals surface area contributed by atoms with Gasteiger partial charge in [0, 0.05) is 12.0 Å². The number of fused-ring (bicyclic) bond motifs is 1. The van der Waals surface area contributed by atoms with Crippen molar-refractivity contribution < 1.29 is 13.9 Å². The van der Waals surface area contributed by atoms with Crippen LogP contribution >= 0.6 is 0 Å². The Morgan fingerprint density at radius 1 is 1.24 bits per heavy atom. The van der Waals surface area contributed by atoms with Crippen LogP contribution in [0.2, 0.25) is 0 Å². The number of rotatable bonds is 3. The Hall–Kier alpha value is -3.82. The van der Waals surface area contributed by atoms with Crippen LogP contribution in [0, 0.1) is 12.7 Å². The fraction of sp³-hybridized carbons (Fsp3) is 0.211. The van der Waals surface area contributed by atoms with E-state index < -0.39 is 11.9 Å². The molecule has 1 aromatic carbocycles. The van der Waals surface area contributed by atoms with Gasteiger partial charge in [-0.2, -0.15) is 0 Å². The minimum atomic E-state index is -0.542. The Kier molecular flexibility index (Phi) is 4.45. The Labute approximate surface area is 165 Å². The first-order chi connectivity index (χ1) is 13.9. The lowest BCUT2D eigenvalue weighted by molar-refractivity contribution is 0.0922. The Morgan fingerprint density at radius 2 is 2.03 bits per heavy atom. The van der Waals surface area contributed by atoms with Crippen molar-refractivity contribution in [2.75, 3.05) is 18.6 Å². The summed E-state index contributed by atoms with van der Waals surface area (Å²) in [6.07, 6.45) is 1.79. The zero-order chi connectivity index (χ0) is 20.7. The van der Waals surface area contributed by atoms with Gasteiger partial charge in [-0.3, -0.25) is 4.79 Å². The molecule has 9 nitrogen and oxygen atoms in total. The number of nitrogen functional groups attached to an aromatic ring is 2. The van der Waals surface area contributed by atoms with E-state index in [0.29, 0.717) is 40.2 Å². The van der Waals surface area contributed by atoms with Crippen LogP contribution in [-0.2, 0) is 6.42 Å². The van der Waals surface area contributed by atoms with Crippen LogP contribution in [0.4, 0.5) is 16.2 Å². The highest BCUT2D eigenvalue weighted by atomic mass is 19.1. The number of anilines is 2. The maximum Gasteiger partial charge on any atom is 0.257 e. The van der Waals surface area contributed by atoms with Crippen LogP contribution in [0.1, 0.15) is 33.4 Å². The maximum atomic E-state index is 14.1. The number of nitrogens with two attached hydrogens (primary N) is 2. The summed E-state index contributed by atoms with van der Waals surface area (Å²) in [5.41, 5.74) is 14.4. The molecule has 1 atom stereocenters. The first-order valence-corrected chi connectivity index (χ1v) is 8.77. The van der Waals surface area contributed by atoms with Gasteiger partial charge in [0.1, 0.15) is 5.82 Å². The topological polar surface area (TPSA) is 142 Å². The molecule has 3 aromatic rings. The molecule has 0 radical (unpaired) electrons. The first kappa shape index (κ1) is 18.5. The van der Waals surface area contributed by atoms with Crippen molar-refractivity contribution in [2.24, 2.45) is 0 Å². The predicted molar refractivity (Wildman–Crippen MR) is 103 cm³/mol. The molecule has 0 spiro atoms. The number of benzene rings is 1. The lowest BCUT2D eigenvalue weighted by atomic mass is 9.90. The van der Waals surface area contributed by atoms with Gasteiger partial charge < -0.3 is 21.5 Å². The summed E-state index contributed by atoms with van der Waals surface area (Å²) >= 11 is 0. The molecule has 1 amide bonds. The smallest absolute Gasteiger partial charge is 0.257 e. The Balaban J connectivity index is 1.82. The number of hydrogen-bond acceptors (Lipinski definition) is 8. The molecule has 3 heterocycles. The molecule has 0 saturated heterocycles. The van der Waals surface area contributed by atoms with E-state index in [2.05, 4.69) is 25.3 Å². The van der Waals surface area contributed by atoms with E-state index in [4.69, 9.17) is 16.2 Å². The SMILES string of the molecule is COc1nc(-c2ccc(F)cc2C2Cc3nc(N)nc(C)c3C(=O)N2)cnc1N. The predicted octanol–water partition coefficient (Wildman–Crippen LogP) is 1.58. The van der Waals surface area contributed by atoms with E-state index in [1.807, 2.05) is 0 Å². The summed E-state index contributed by atoms with van der Waals surface area (Å²) in [6, 6.07) is 3.70. The number of ether oxygens (including phenoxy) is 1. The van der Waals surface area contributed by atoms with Crippen molar-refractivity contribution in [3.63, 3.8) is 0 Å². The number of aromatic nitrogens is 4. The molecule has 0 bridgehead atoms. The molecule has 2 aromatic heterocycles. The zero-order valence-corrected chi connectivity index (χ0v) is 15.7. The minimum Gasteiger partial charge on any atom is -0.478 e. The fourth-order valence-electron chi connectivity index (χ4n) is 3.48. The summed E-state index contributed by atoms with van der Waals surface area (Å²) < 4.78 is 19.2. The van der Waals surface area contributed by atoms with Crippen LogP contribution in [-0.4, -0.2) is 33.0 Å². The standard InChI is InChI=1S/C19H18FN7O2/c1-8-15-13(27-19(22)24-8)6-12(25-17(15)28)11-5-9(20)3-4-10(11)14-7-23-16(21)18(26-14)29-2/h3-5,7,12H,6H2,1-2H3,(H2,21,23)(H,25,28)(H2,22,24,27). The molecule has 29 heavy (non-hydrogen) atoms. The molecular formula is C19H18FN7O2. The lowest BCUT2D eigenvalue weighted by Crippen LogP contribution is -2.37. The van der Waals surface area contributed by atoms with Crippen molar-refractivity contribution in [2.45, 2.75) is 19.4 Å². The highest BCUT2D eigenvalue weighted by Gasteiger charge is 2.31. The van der Waals surface area contributed by atoms with Crippen LogP contribution in [0.25, 0.3) is 11.3 Å². The third kappa shape index (κ3) is 3.28. The second kappa shape index (κ2) is 6.97. The quantitative estimate of drug-likeness (QED) is 0.607. The normalized spacial score (nSPS) is 15.6. The number of methoxy groups -OCH3 is 1. The molecule has 0 aliphatic carbocycles. The summed E-state index contributed by atoms with van der Waals surface area (Å²) in [7, 11) is 1.43. The van der Waals surface area contributed by atoms with Gasteiger partial charge in [-0.15, -0.1) is 0 Å². The number of carbonyl (C=O) groups is 1. The van der Waals surface area contributed by atoms with E-state index >= 15 is 0 Å². The van der Waals surface area contributed by atoms with E-state index in [1.165, 1.54) is 25.4 Å². The number of amides is 1.